The molecule has 1 unspecified atom stereocenters. The van der Waals surface area contributed by atoms with E-state index in [9.17, 15) is 14.4 Å². The molecule has 0 radical (unpaired) electrons. The molecule has 26 heavy (non-hydrogen) atoms. The van der Waals surface area contributed by atoms with Crippen molar-refractivity contribution in [1.82, 2.24) is 20.5 Å². The Kier molecular flexibility index (Phi) is 3.65. The van der Waals surface area contributed by atoms with Gasteiger partial charge in [0.05, 0.1) is 16.9 Å². The van der Waals surface area contributed by atoms with Gasteiger partial charge in [0.15, 0.2) is 11.3 Å². The van der Waals surface area contributed by atoms with Gasteiger partial charge in [-0.1, -0.05) is 24.3 Å². The van der Waals surface area contributed by atoms with E-state index in [2.05, 4.69) is 20.5 Å². The largest absolute Gasteiger partial charge is 0.417 e. The Balaban J connectivity index is 1.66. The van der Waals surface area contributed by atoms with E-state index in [1.54, 1.807) is 49.4 Å². The predicted molar refractivity (Wildman–Crippen MR) is 95.1 cm³/mol. The Labute approximate surface area is 145 Å². The van der Waals surface area contributed by atoms with Crippen LogP contribution in [-0.2, 0) is 0 Å². The van der Waals surface area contributed by atoms with Crippen LogP contribution in [0.3, 0.4) is 0 Å². The van der Waals surface area contributed by atoms with Crippen LogP contribution in [0.2, 0.25) is 0 Å². The molecule has 4 rings (SSSR count). The molecule has 2 heterocycles. The molecule has 0 fully saturated rings. The van der Waals surface area contributed by atoms with Crippen LogP contribution in [0.1, 0.15) is 29.0 Å². The van der Waals surface area contributed by atoms with Crippen molar-refractivity contribution in [3.05, 3.63) is 74.6 Å². The van der Waals surface area contributed by atoms with E-state index in [-0.39, 0.29) is 17.3 Å². The van der Waals surface area contributed by atoms with Crippen molar-refractivity contribution >= 4 is 27.8 Å². The molecule has 1 amide bonds. The lowest BCUT2D eigenvalue weighted by molar-refractivity contribution is 0.0935. The lowest BCUT2D eigenvalue weighted by Crippen LogP contribution is -2.29. The summed E-state index contributed by atoms with van der Waals surface area (Å²) >= 11 is 0. The normalized spacial score (nSPS) is 12.3. The average Bonchev–Trinajstić information content (AvgIpc) is 3.01. The molecule has 1 atom stereocenters. The topological polar surface area (TPSA) is 121 Å². The summed E-state index contributed by atoms with van der Waals surface area (Å²) in [5, 5.41) is 9.96. The summed E-state index contributed by atoms with van der Waals surface area (Å²) < 4.78 is 5.04. The Hall–Kier alpha value is -3.68. The second-order valence-electron chi connectivity index (χ2n) is 5.91. The molecule has 0 bridgehead atoms. The number of fused-ring (bicyclic) bond motifs is 2. The van der Waals surface area contributed by atoms with Crippen LogP contribution in [0.4, 0.5) is 0 Å². The van der Waals surface area contributed by atoms with Crippen LogP contribution < -0.4 is 16.6 Å². The first kappa shape index (κ1) is 15.8. The van der Waals surface area contributed by atoms with Gasteiger partial charge in [0.25, 0.3) is 11.5 Å². The summed E-state index contributed by atoms with van der Waals surface area (Å²) in [6.45, 7) is 1.80. The summed E-state index contributed by atoms with van der Waals surface area (Å²) in [4.78, 5) is 38.3. The van der Waals surface area contributed by atoms with Crippen molar-refractivity contribution in [3.8, 4) is 0 Å². The van der Waals surface area contributed by atoms with Crippen LogP contribution in [0, 0.1) is 0 Å². The van der Waals surface area contributed by atoms with Gasteiger partial charge in [-0.3, -0.25) is 14.6 Å². The van der Waals surface area contributed by atoms with Crippen molar-refractivity contribution in [2.45, 2.75) is 13.0 Å². The van der Waals surface area contributed by atoms with Gasteiger partial charge in [-0.25, -0.2) is 9.89 Å². The van der Waals surface area contributed by atoms with Gasteiger partial charge in [-0.05, 0) is 30.7 Å². The van der Waals surface area contributed by atoms with Crippen molar-refractivity contribution in [2.24, 2.45) is 0 Å². The van der Waals surface area contributed by atoms with E-state index in [0.717, 1.165) is 5.56 Å². The highest BCUT2D eigenvalue weighted by molar-refractivity contribution is 6.04. The first-order chi connectivity index (χ1) is 12.5. The van der Waals surface area contributed by atoms with Gasteiger partial charge in [0, 0.05) is 5.39 Å². The number of hydrogen-bond acceptors (Lipinski definition) is 5. The number of benzene rings is 2. The van der Waals surface area contributed by atoms with E-state index in [1.807, 2.05) is 0 Å². The van der Waals surface area contributed by atoms with Gasteiger partial charge >= 0.3 is 5.76 Å². The summed E-state index contributed by atoms with van der Waals surface area (Å²) in [5.41, 5.74) is 1.56. The first-order valence-corrected chi connectivity index (χ1v) is 7.94. The third-order valence-electron chi connectivity index (χ3n) is 4.20. The molecule has 0 saturated heterocycles. The molecule has 8 nitrogen and oxygen atoms in total. The third-order valence-corrected chi connectivity index (χ3v) is 4.20. The van der Waals surface area contributed by atoms with Crippen LogP contribution in [-0.4, -0.2) is 21.1 Å². The fourth-order valence-electron chi connectivity index (χ4n) is 2.87. The fourth-order valence-corrected chi connectivity index (χ4v) is 2.87. The molecule has 3 N–H and O–H groups in total. The quantitative estimate of drug-likeness (QED) is 0.521. The van der Waals surface area contributed by atoms with Crippen molar-refractivity contribution in [3.63, 3.8) is 0 Å². The second-order valence-corrected chi connectivity index (χ2v) is 5.91. The minimum atomic E-state index is -0.530. The smallest absolute Gasteiger partial charge is 0.408 e. The molecular formula is C18H14N4O4. The number of nitrogens with zero attached hydrogens (tertiary/aromatic N) is 1. The van der Waals surface area contributed by atoms with Crippen LogP contribution in [0.15, 0.2) is 56.5 Å². The number of rotatable bonds is 3. The number of oxazole rings is 1. The lowest BCUT2D eigenvalue weighted by atomic mass is 10.1. The summed E-state index contributed by atoms with van der Waals surface area (Å²) in [5.74, 6) is -0.946. The van der Waals surface area contributed by atoms with Gasteiger partial charge in [0.1, 0.15) is 0 Å². The van der Waals surface area contributed by atoms with Crippen LogP contribution in [0.5, 0.6) is 0 Å². The number of aromatic nitrogens is 3. The van der Waals surface area contributed by atoms with Gasteiger partial charge in [-0.15, -0.1) is 0 Å². The van der Waals surface area contributed by atoms with Crippen molar-refractivity contribution < 1.29 is 9.21 Å². The minimum absolute atomic E-state index is 0.140. The molecule has 2 aromatic heterocycles. The number of nitrogens with one attached hydrogen (secondary N) is 3. The SMILES string of the molecule is CC(NC(=O)c1n[nH]c(=O)c2ccccc12)c1ccc2[nH]c(=O)oc2c1. The second kappa shape index (κ2) is 5.99. The van der Waals surface area contributed by atoms with E-state index in [1.165, 1.54) is 0 Å². The van der Waals surface area contributed by atoms with E-state index in [0.29, 0.717) is 21.9 Å². The van der Waals surface area contributed by atoms with Crippen LogP contribution in [0.25, 0.3) is 21.9 Å². The maximum atomic E-state index is 12.6. The molecule has 0 aliphatic carbocycles. The third kappa shape index (κ3) is 2.67. The molecule has 0 saturated carbocycles. The highest BCUT2D eigenvalue weighted by Crippen LogP contribution is 2.19. The summed E-state index contributed by atoms with van der Waals surface area (Å²) in [6.07, 6.45) is 0. The number of hydrogen-bond donors (Lipinski definition) is 3. The number of aromatic amines is 2. The fraction of sp³-hybridized carbons (Fsp3) is 0.111. The summed E-state index contributed by atoms with van der Waals surface area (Å²) in [6, 6.07) is 11.6. The highest BCUT2D eigenvalue weighted by Gasteiger charge is 2.17. The van der Waals surface area contributed by atoms with Crippen LogP contribution >= 0.6 is 0 Å². The zero-order chi connectivity index (χ0) is 18.3. The first-order valence-electron chi connectivity index (χ1n) is 7.94. The van der Waals surface area contributed by atoms with Gasteiger partial charge in [0.2, 0.25) is 0 Å². The molecule has 2 aromatic carbocycles. The predicted octanol–water partition coefficient (Wildman–Crippen LogP) is 1.85. The van der Waals surface area contributed by atoms with E-state index >= 15 is 0 Å². The number of H-pyrrole nitrogens is 2. The monoisotopic (exact) mass is 350 g/mol. The highest BCUT2D eigenvalue weighted by atomic mass is 16.4. The number of carbonyl (C=O) groups is 1. The molecular weight excluding hydrogens is 336 g/mol. The molecule has 0 aliphatic rings. The maximum absolute atomic E-state index is 12.6. The Morgan fingerprint density at radius 2 is 1.92 bits per heavy atom. The Morgan fingerprint density at radius 3 is 2.73 bits per heavy atom. The summed E-state index contributed by atoms with van der Waals surface area (Å²) in [7, 11) is 0. The average molecular weight is 350 g/mol. The standard InChI is InChI=1S/C18H14N4O4/c1-9(10-6-7-13-14(8-10)26-18(25)20-13)19-17(24)15-11-4-2-3-5-12(11)16(23)22-21-15/h2-9H,1H3,(H,19,24)(H,20,25)(H,22,23). The van der Waals surface area contributed by atoms with Gasteiger partial charge in [-0.2, -0.15) is 5.10 Å². The molecule has 8 heteroatoms. The lowest BCUT2D eigenvalue weighted by Gasteiger charge is -2.14. The number of carbonyl (C=O) groups excluding carboxylic acids is 1. The van der Waals surface area contributed by atoms with Gasteiger partial charge < -0.3 is 9.73 Å². The molecule has 0 spiro atoms. The molecule has 0 aliphatic heterocycles. The molecule has 130 valence electrons. The van der Waals surface area contributed by atoms with Crippen molar-refractivity contribution in [1.29, 1.82) is 0 Å². The minimum Gasteiger partial charge on any atom is -0.408 e. The Morgan fingerprint density at radius 1 is 1.15 bits per heavy atom. The zero-order valence-corrected chi connectivity index (χ0v) is 13.7. The Bertz CT molecular complexity index is 1250. The van der Waals surface area contributed by atoms with E-state index < -0.39 is 11.7 Å². The van der Waals surface area contributed by atoms with E-state index in [4.69, 9.17) is 4.42 Å². The molecule has 4 aromatic rings. The maximum Gasteiger partial charge on any atom is 0.417 e. The van der Waals surface area contributed by atoms with Crippen molar-refractivity contribution in [2.75, 3.05) is 0 Å². The number of amides is 1. The zero-order valence-electron chi connectivity index (χ0n) is 13.7.